The maximum Gasteiger partial charge on any atom is 0.209 e. The van der Waals surface area contributed by atoms with Crippen LogP contribution in [0.25, 0.3) is 10.9 Å². The van der Waals surface area contributed by atoms with Crippen LogP contribution in [0.5, 0.6) is 0 Å². The van der Waals surface area contributed by atoms with Gasteiger partial charge in [0.15, 0.2) is 0 Å². The Morgan fingerprint density at radius 1 is 1.18 bits per heavy atom. The van der Waals surface area contributed by atoms with Gasteiger partial charge in [-0.3, -0.25) is 9.79 Å². The summed E-state index contributed by atoms with van der Waals surface area (Å²) < 4.78 is 13.3. The van der Waals surface area contributed by atoms with E-state index in [1.165, 1.54) is 12.1 Å². The van der Waals surface area contributed by atoms with Gasteiger partial charge >= 0.3 is 0 Å². The minimum absolute atomic E-state index is 0.0980. The summed E-state index contributed by atoms with van der Waals surface area (Å²) in [7, 11) is 0. The predicted molar refractivity (Wildman–Crippen MR) is 84.0 cm³/mol. The molecular weight excluding hydrogens is 279 g/mol. The van der Waals surface area contributed by atoms with Crippen LogP contribution in [-0.2, 0) is 6.54 Å². The summed E-state index contributed by atoms with van der Waals surface area (Å²) in [6, 6.07) is 11.8. The van der Waals surface area contributed by atoms with E-state index >= 15 is 0 Å². The van der Waals surface area contributed by atoms with Gasteiger partial charge in [0, 0.05) is 27.7 Å². The Hall–Kier alpha value is -2.75. The number of rotatable bonds is 2. The first-order chi connectivity index (χ1) is 10.6. The lowest BCUT2D eigenvalue weighted by Crippen LogP contribution is -2.04. The van der Waals surface area contributed by atoms with Gasteiger partial charge in [-0.05, 0) is 42.8 Å². The number of hydrogen-bond acceptors (Lipinski definition) is 2. The summed E-state index contributed by atoms with van der Waals surface area (Å²) in [5.74, 6) is -0.408. The monoisotopic (exact) mass is 292 g/mol. The van der Waals surface area contributed by atoms with E-state index in [1.807, 2.05) is 25.1 Å². The molecule has 22 heavy (non-hydrogen) atoms. The maximum atomic E-state index is 13.3. The van der Waals surface area contributed by atoms with Gasteiger partial charge in [0.25, 0.3) is 0 Å². The van der Waals surface area contributed by atoms with E-state index in [2.05, 4.69) is 9.98 Å². The van der Waals surface area contributed by atoms with E-state index in [-0.39, 0.29) is 11.6 Å². The number of halogens is 1. The van der Waals surface area contributed by atoms with Crippen molar-refractivity contribution in [2.24, 2.45) is 4.99 Å². The van der Waals surface area contributed by atoms with E-state index in [0.717, 1.165) is 22.4 Å². The van der Waals surface area contributed by atoms with Crippen LogP contribution in [0.2, 0.25) is 0 Å². The van der Waals surface area contributed by atoms with Gasteiger partial charge in [-0.2, -0.15) is 0 Å². The number of benzene rings is 2. The molecule has 2 heterocycles. The molecule has 1 N–H and O–H groups in total. The zero-order valence-corrected chi connectivity index (χ0v) is 12.0. The van der Waals surface area contributed by atoms with Crippen molar-refractivity contribution in [2.45, 2.75) is 13.5 Å². The number of hydrogen-bond donors (Lipinski definition) is 1. The second kappa shape index (κ2) is 4.63. The van der Waals surface area contributed by atoms with Crippen LogP contribution in [0, 0.1) is 5.82 Å². The molecule has 1 aliphatic rings. The predicted octanol–water partition coefficient (Wildman–Crippen LogP) is 3.86. The number of aliphatic imine (C=N–C) groups is 1. The molecule has 0 aliphatic carbocycles. The van der Waals surface area contributed by atoms with Crippen molar-refractivity contribution in [1.82, 2.24) is 4.98 Å². The number of carbonyl (C=O) groups is 1. The fraction of sp³-hybridized carbons (Fsp3) is 0.111. The number of aromatic nitrogens is 1. The minimum Gasteiger partial charge on any atom is -0.352 e. The molecule has 0 saturated heterocycles. The third-order valence-electron chi connectivity index (χ3n) is 4.08. The molecule has 0 spiro atoms. The quantitative estimate of drug-likeness (QED) is 0.716. The Bertz CT molecular complexity index is 953. The summed E-state index contributed by atoms with van der Waals surface area (Å²) in [6.07, 6.45) is 0. The van der Waals surface area contributed by atoms with Crippen molar-refractivity contribution in [3.8, 4) is 0 Å². The molecule has 4 heteroatoms. The highest BCUT2D eigenvalue weighted by molar-refractivity contribution is 6.12. The van der Waals surface area contributed by atoms with Crippen LogP contribution in [-0.4, -0.2) is 16.5 Å². The Labute approximate surface area is 126 Å². The average molecular weight is 292 g/mol. The van der Waals surface area contributed by atoms with Gasteiger partial charge in [0.2, 0.25) is 5.78 Å². The molecule has 2 aromatic carbocycles. The van der Waals surface area contributed by atoms with Crippen LogP contribution in [0.4, 0.5) is 4.39 Å². The molecule has 0 bridgehead atoms. The maximum absolute atomic E-state index is 13.3. The fourth-order valence-electron chi connectivity index (χ4n) is 2.86. The molecule has 0 atom stereocenters. The first-order valence-corrected chi connectivity index (χ1v) is 7.09. The molecule has 0 unspecified atom stereocenters. The first kappa shape index (κ1) is 13.0. The Balaban J connectivity index is 1.77. The van der Waals surface area contributed by atoms with Gasteiger partial charge in [0.05, 0.1) is 12.2 Å². The second-order valence-electron chi connectivity index (χ2n) is 5.52. The Kier molecular flexibility index (Phi) is 2.73. The summed E-state index contributed by atoms with van der Waals surface area (Å²) >= 11 is 0. The zero-order chi connectivity index (χ0) is 15.3. The highest BCUT2D eigenvalue weighted by Gasteiger charge is 2.17. The van der Waals surface area contributed by atoms with E-state index in [9.17, 15) is 9.18 Å². The number of nitrogens with zero attached hydrogens (tertiary/aromatic N) is 1. The molecule has 108 valence electrons. The number of aromatic amines is 1. The number of fused-ring (bicyclic) bond motifs is 2. The average Bonchev–Trinajstić information content (AvgIpc) is 3.10. The highest BCUT2D eigenvalue weighted by atomic mass is 19.1. The first-order valence-electron chi connectivity index (χ1n) is 7.09. The lowest BCUT2D eigenvalue weighted by atomic mass is 10.00. The largest absolute Gasteiger partial charge is 0.352 e. The van der Waals surface area contributed by atoms with Gasteiger partial charge in [0.1, 0.15) is 5.82 Å². The smallest absolute Gasteiger partial charge is 0.209 e. The SMILES string of the molecule is CC1=NCc2ccc(C(=O)c3cc4cc(F)ccc4[nH]3)cc21. The topological polar surface area (TPSA) is 45.2 Å². The molecular formula is C18H13FN2O. The number of nitrogens with one attached hydrogen (secondary N) is 1. The van der Waals surface area contributed by atoms with Crippen molar-refractivity contribution >= 4 is 22.4 Å². The number of ketones is 1. The van der Waals surface area contributed by atoms with Crippen molar-refractivity contribution < 1.29 is 9.18 Å². The molecule has 0 amide bonds. The standard InChI is InChI=1S/C18H13FN2O/c1-10-15-7-11(2-3-12(15)9-20-10)18(22)17-8-13-6-14(19)4-5-16(13)21-17/h2-8,21H,9H2,1H3. The molecule has 3 nitrogen and oxygen atoms in total. The van der Waals surface area contributed by atoms with E-state index in [1.54, 1.807) is 12.1 Å². The fourth-order valence-corrected chi connectivity index (χ4v) is 2.86. The summed E-state index contributed by atoms with van der Waals surface area (Å²) in [5, 5.41) is 0.697. The van der Waals surface area contributed by atoms with Crippen molar-refractivity contribution in [3.05, 3.63) is 70.7 Å². The van der Waals surface area contributed by atoms with E-state index in [4.69, 9.17) is 0 Å². The van der Waals surface area contributed by atoms with Crippen molar-refractivity contribution in [2.75, 3.05) is 0 Å². The van der Waals surface area contributed by atoms with E-state index < -0.39 is 0 Å². The van der Waals surface area contributed by atoms with Crippen LogP contribution >= 0.6 is 0 Å². The Morgan fingerprint density at radius 3 is 2.91 bits per heavy atom. The van der Waals surface area contributed by atoms with Crippen LogP contribution in [0.3, 0.4) is 0 Å². The van der Waals surface area contributed by atoms with E-state index in [0.29, 0.717) is 23.2 Å². The highest BCUT2D eigenvalue weighted by Crippen LogP contribution is 2.23. The number of carbonyl (C=O) groups excluding carboxylic acids is 1. The van der Waals surface area contributed by atoms with Crippen LogP contribution < -0.4 is 0 Å². The molecule has 0 fully saturated rings. The van der Waals surface area contributed by atoms with Crippen LogP contribution in [0.1, 0.15) is 34.1 Å². The van der Waals surface area contributed by atoms with Gasteiger partial charge in [-0.1, -0.05) is 12.1 Å². The van der Waals surface area contributed by atoms with Gasteiger partial charge in [-0.25, -0.2) is 4.39 Å². The Morgan fingerprint density at radius 2 is 2.05 bits per heavy atom. The molecule has 1 aliphatic heterocycles. The number of H-pyrrole nitrogens is 1. The third kappa shape index (κ3) is 1.96. The minimum atomic E-state index is -0.310. The molecule has 0 radical (unpaired) electrons. The van der Waals surface area contributed by atoms with Crippen LogP contribution in [0.15, 0.2) is 47.5 Å². The third-order valence-corrected chi connectivity index (χ3v) is 4.08. The summed E-state index contributed by atoms with van der Waals surface area (Å²) in [5.41, 5.74) is 4.98. The molecule has 1 aromatic heterocycles. The molecule has 0 saturated carbocycles. The lowest BCUT2D eigenvalue weighted by molar-refractivity contribution is 0.103. The normalized spacial score (nSPS) is 13.3. The van der Waals surface area contributed by atoms with Crippen molar-refractivity contribution in [1.29, 1.82) is 0 Å². The van der Waals surface area contributed by atoms with Gasteiger partial charge in [-0.15, -0.1) is 0 Å². The second-order valence-corrected chi connectivity index (χ2v) is 5.52. The summed E-state index contributed by atoms with van der Waals surface area (Å²) in [6.45, 7) is 2.63. The summed E-state index contributed by atoms with van der Waals surface area (Å²) in [4.78, 5) is 20.1. The lowest BCUT2D eigenvalue weighted by Gasteiger charge is -2.03. The molecule has 4 rings (SSSR count). The van der Waals surface area contributed by atoms with Crippen molar-refractivity contribution in [3.63, 3.8) is 0 Å². The zero-order valence-electron chi connectivity index (χ0n) is 12.0. The van der Waals surface area contributed by atoms with Gasteiger partial charge < -0.3 is 4.98 Å². The molecule has 3 aromatic rings.